The van der Waals surface area contributed by atoms with Gasteiger partial charge in [-0.15, -0.1) is 0 Å². The van der Waals surface area contributed by atoms with Crippen molar-refractivity contribution in [2.24, 2.45) is 16.2 Å². The number of rotatable bonds is 13. The third-order valence-corrected chi connectivity index (χ3v) is 5.32. The number of hydroxylamine groups is 6. The Bertz CT molecular complexity index is 926. The molecular weight excluding hydrogens is 665 g/mol. The monoisotopic (exact) mass is 750 g/mol. The molecule has 48 heavy (non-hydrogen) atoms. The molecule has 0 aromatic heterocycles. The van der Waals surface area contributed by atoms with E-state index < -0.39 is 29.8 Å². The Morgan fingerprint density at radius 2 is 1.00 bits per heavy atom. The third kappa shape index (κ3) is 60.6. The molecule has 0 aliphatic rings. The largest absolute Gasteiger partial charge is 0.756 e. The number of carboxylic acids is 1. The molecule has 0 fully saturated rings. The lowest BCUT2D eigenvalue weighted by molar-refractivity contribution is -1.08. The highest BCUT2D eigenvalue weighted by molar-refractivity contribution is 7.85. The summed E-state index contributed by atoms with van der Waals surface area (Å²) in [7, 11) is 4.15. The fourth-order valence-corrected chi connectivity index (χ4v) is 4.89. The molecule has 0 aliphatic heterocycles. The van der Waals surface area contributed by atoms with Gasteiger partial charge in [0.2, 0.25) is 0 Å². The van der Waals surface area contributed by atoms with E-state index in [1.54, 1.807) is 14.1 Å². The van der Waals surface area contributed by atoms with E-state index >= 15 is 0 Å². The number of carbonyl (C=O) groups excluding carboxylic acids is 1. The molecule has 0 aromatic carbocycles. The van der Waals surface area contributed by atoms with Gasteiger partial charge in [-0.1, -0.05) is 107 Å². The molecule has 304 valence electrons. The van der Waals surface area contributed by atoms with Gasteiger partial charge in [-0.3, -0.25) is 9.09 Å². The van der Waals surface area contributed by atoms with Gasteiger partial charge in [0.1, 0.15) is 29.8 Å². The summed E-state index contributed by atoms with van der Waals surface area (Å²) in [6.07, 6.45) is 0. The summed E-state index contributed by atoms with van der Waals surface area (Å²) >= 11 is 0. The van der Waals surface area contributed by atoms with Crippen LogP contribution in [0.5, 0.6) is 0 Å². The Kier molecular flexibility index (Phi) is 37.6. The quantitative estimate of drug-likeness (QED) is 0.0781. The van der Waals surface area contributed by atoms with Crippen LogP contribution in [0.25, 0.3) is 0 Å². The van der Waals surface area contributed by atoms with E-state index in [1.807, 2.05) is 76.8 Å². The van der Waals surface area contributed by atoms with Crippen LogP contribution in [0.2, 0.25) is 0 Å². The molecule has 0 heterocycles. The van der Waals surface area contributed by atoms with Crippen LogP contribution in [0.1, 0.15) is 107 Å². The summed E-state index contributed by atoms with van der Waals surface area (Å²) in [5.74, 6) is -1.96. The number of phosphoric ester groups is 1. The average Bonchev–Trinajstić information content (AvgIpc) is 2.64. The van der Waals surface area contributed by atoms with Gasteiger partial charge in [0.15, 0.2) is 12.7 Å². The van der Waals surface area contributed by atoms with Crippen LogP contribution in [0.3, 0.4) is 0 Å². The van der Waals surface area contributed by atoms with Gasteiger partial charge in [0, 0.05) is 10.8 Å². The van der Waals surface area contributed by atoms with Crippen molar-refractivity contribution in [2.45, 2.75) is 107 Å². The van der Waals surface area contributed by atoms with Gasteiger partial charge in [-0.25, -0.2) is 8.42 Å². The summed E-state index contributed by atoms with van der Waals surface area (Å²) in [4.78, 5) is 31.6. The fourth-order valence-electron chi connectivity index (χ4n) is 3.36. The topological polar surface area (TPSA) is 174 Å². The number of quaternary nitrogens is 3. The van der Waals surface area contributed by atoms with Gasteiger partial charge in [0.05, 0.1) is 61.9 Å². The maximum Gasteiger partial charge on any atom is 0.272 e. The van der Waals surface area contributed by atoms with Gasteiger partial charge in [0.25, 0.3) is 7.82 Å². The van der Waals surface area contributed by atoms with E-state index in [1.165, 1.54) is 0 Å². The fraction of sp³-hybridized carbons (Fsp3) is 0.969. The third-order valence-electron chi connectivity index (χ3n) is 4.05. The Morgan fingerprint density at radius 1 is 0.667 bits per heavy atom. The molecule has 0 amide bonds. The second-order valence-electron chi connectivity index (χ2n) is 15.9. The Labute approximate surface area is 299 Å². The molecule has 0 saturated heterocycles. The summed E-state index contributed by atoms with van der Waals surface area (Å²) < 4.78 is 52.6. The average molecular weight is 750 g/mol. The molecule has 0 spiro atoms. The van der Waals surface area contributed by atoms with E-state index in [0.29, 0.717) is 11.0 Å². The van der Waals surface area contributed by atoms with Crippen molar-refractivity contribution in [1.82, 2.24) is 0 Å². The lowest BCUT2D eigenvalue weighted by Gasteiger charge is -2.33. The maximum absolute atomic E-state index is 11.3. The molecule has 1 atom stereocenters. The van der Waals surface area contributed by atoms with Gasteiger partial charge in [-0.05, 0) is 5.41 Å². The van der Waals surface area contributed by atoms with Gasteiger partial charge >= 0.3 is 0 Å². The SMILES string of the molecule is C.C.C.C.C.C.CC(C)(C)COP(=O)([O-])OC[N+](C)(C)C.CC(C)(C)C[N+](C)(C)OCC(=O)[O-].CC(C)(C)C[N+](C)(C)OCS(=O)(=O)[O-]. The highest BCUT2D eigenvalue weighted by Gasteiger charge is 2.27. The van der Waals surface area contributed by atoms with E-state index in [4.69, 9.17) is 18.7 Å². The van der Waals surface area contributed by atoms with Crippen molar-refractivity contribution in [3.63, 3.8) is 0 Å². The molecular formula is C32H84N3O11PS. The zero-order valence-electron chi connectivity index (χ0n) is 28.9. The molecule has 14 nitrogen and oxygen atoms in total. The molecule has 0 bridgehead atoms. The van der Waals surface area contributed by atoms with Crippen molar-refractivity contribution in [3.8, 4) is 0 Å². The number of hydrogen-bond acceptors (Lipinski definition) is 11. The molecule has 16 heteroatoms. The smallest absolute Gasteiger partial charge is 0.272 e. The minimum atomic E-state index is -4.30. The zero-order valence-corrected chi connectivity index (χ0v) is 30.6. The second kappa shape index (κ2) is 26.1. The highest BCUT2D eigenvalue weighted by Crippen LogP contribution is 2.40. The number of phosphoric acid groups is 1. The lowest BCUT2D eigenvalue weighted by Crippen LogP contribution is -2.47. The Morgan fingerprint density at radius 3 is 1.25 bits per heavy atom. The summed E-state index contributed by atoms with van der Waals surface area (Å²) in [6, 6.07) is 0. The summed E-state index contributed by atoms with van der Waals surface area (Å²) in [5.41, 5.74) is -0.0778. The second-order valence-corrected chi connectivity index (χ2v) is 18.6. The van der Waals surface area contributed by atoms with Crippen molar-refractivity contribution < 1.29 is 64.8 Å². The summed E-state index contributed by atoms with van der Waals surface area (Å²) in [5, 5.41) is 10.2. The van der Waals surface area contributed by atoms with E-state index in [9.17, 15) is 32.3 Å². The van der Waals surface area contributed by atoms with Crippen LogP contribution < -0.4 is 10.00 Å². The number of aliphatic carboxylic acids is 1. The van der Waals surface area contributed by atoms with E-state index in [0.717, 1.165) is 6.54 Å². The first-order valence-electron chi connectivity index (χ1n) is 13.4. The van der Waals surface area contributed by atoms with Crippen molar-refractivity contribution in [3.05, 3.63) is 0 Å². The molecule has 0 radical (unpaired) electrons. The zero-order chi connectivity index (χ0) is 34.6. The van der Waals surface area contributed by atoms with Gasteiger partial charge < -0.3 is 28.4 Å². The summed E-state index contributed by atoms with van der Waals surface area (Å²) in [6.45, 7) is 19.2. The van der Waals surface area contributed by atoms with Crippen molar-refractivity contribution in [1.29, 1.82) is 0 Å². The minimum Gasteiger partial charge on any atom is -0.756 e. The van der Waals surface area contributed by atoms with E-state index in [2.05, 4.69) is 20.8 Å². The number of nitrogens with zero attached hydrogens (tertiary/aromatic N) is 3. The van der Waals surface area contributed by atoms with Crippen LogP contribution in [0, 0.1) is 16.2 Å². The predicted octanol–water partition coefficient (Wildman–Crippen LogP) is 5.35. The Balaban J connectivity index is -0.0000000640. The Hall–Kier alpha value is -0.710. The van der Waals surface area contributed by atoms with Crippen molar-refractivity contribution in [2.75, 3.05) is 88.3 Å². The standard InChI is InChI=1S/C9H22NO4P.C9H19NO3.C8H19NO4S.6CH4/c1-9(2,3)7-13-15(11,12)14-8-10(4,5)6;1-9(2,3)7-10(4,5)13-6-8(11)12;1-8(2,3)6-9(4,5)13-7-14(10,11)12;;;;;;/h7-8H2,1-6H3;6-7H2,1-5H3;6-7H2,1-5H3;6*1H4. The molecule has 0 aliphatic carbocycles. The number of carboxylic acid groups (broad SMARTS) is 1. The van der Waals surface area contributed by atoms with Crippen molar-refractivity contribution >= 4 is 23.9 Å². The first-order valence-corrected chi connectivity index (χ1v) is 16.5. The van der Waals surface area contributed by atoms with Gasteiger partial charge in [-0.2, -0.15) is 19.0 Å². The molecule has 1 unspecified atom stereocenters. The minimum absolute atomic E-state index is 0. The number of hydrogen-bond donors (Lipinski definition) is 0. The van der Waals surface area contributed by atoms with Crippen LogP contribution in [-0.4, -0.2) is 121 Å². The molecule has 0 saturated carbocycles. The molecule has 0 aromatic rings. The predicted molar refractivity (Wildman–Crippen MR) is 197 cm³/mol. The van der Waals surface area contributed by atoms with E-state index in [-0.39, 0.29) is 90.0 Å². The molecule has 0 N–H and O–H groups in total. The first kappa shape index (κ1) is 69.1. The molecule has 0 rings (SSSR count). The lowest BCUT2D eigenvalue weighted by atomic mass is 9.96. The van der Waals surface area contributed by atoms with Crippen LogP contribution >= 0.6 is 7.82 Å². The normalized spacial score (nSPS) is 13.2. The highest BCUT2D eigenvalue weighted by atomic mass is 32.2. The van der Waals surface area contributed by atoms with Crippen LogP contribution in [0.15, 0.2) is 0 Å². The van der Waals surface area contributed by atoms with Crippen LogP contribution in [0.4, 0.5) is 0 Å². The van der Waals surface area contributed by atoms with Crippen LogP contribution in [-0.2, 0) is 38.2 Å². The maximum atomic E-state index is 11.3. The first-order chi connectivity index (χ1) is 18.0. The number of carbonyl (C=O) groups is 1.